The summed E-state index contributed by atoms with van der Waals surface area (Å²) in [7, 11) is -1.21. The third-order valence-electron chi connectivity index (χ3n) is 4.70. The highest BCUT2D eigenvalue weighted by Crippen LogP contribution is 2.35. The van der Waals surface area contributed by atoms with Gasteiger partial charge in [-0.2, -0.15) is 4.31 Å². The van der Waals surface area contributed by atoms with Gasteiger partial charge in [-0.3, -0.25) is 4.79 Å². The monoisotopic (exact) mass is 486 g/mol. The number of hydrogen-bond acceptors (Lipinski definition) is 4. The van der Waals surface area contributed by atoms with Crippen LogP contribution in [0.25, 0.3) is 0 Å². The van der Waals surface area contributed by atoms with Crippen LogP contribution in [-0.2, 0) is 21.2 Å². The van der Waals surface area contributed by atoms with E-state index >= 15 is 0 Å². The topological polar surface area (TPSA) is 66.9 Å². The van der Waals surface area contributed by atoms with E-state index in [1.807, 2.05) is 25.1 Å². The molecular weight excluding hydrogens is 468 g/mol. The minimum Gasteiger partial charge on any atom is -0.495 e. The summed E-state index contributed by atoms with van der Waals surface area (Å²) in [6.45, 7) is 1.65. The molecule has 0 spiro atoms. The van der Waals surface area contributed by atoms with Gasteiger partial charge in [0.2, 0.25) is 15.9 Å². The van der Waals surface area contributed by atoms with E-state index in [0.717, 1.165) is 26.4 Å². The summed E-state index contributed by atoms with van der Waals surface area (Å²) >= 11 is 9.40. The van der Waals surface area contributed by atoms with E-state index in [9.17, 15) is 13.2 Å². The number of anilines is 1. The van der Waals surface area contributed by atoms with Gasteiger partial charge < -0.3 is 9.64 Å². The number of ether oxygens (including phenoxy) is 1. The summed E-state index contributed by atoms with van der Waals surface area (Å²) in [5, 5.41) is 0.270. The fraction of sp³-hybridized carbons (Fsp3) is 0.316. The second-order valence-corrected chi connectivity index (χ2v) is 10.0. The van der Waals surface area contributed by atoms with Crippen molar-refractivity contribution in [3.05, 3.63) is 51.5 Å². The van der Waals surface area contributed by atoms with Crippen LogP contribution in [0.4, 0.5) is 5.69 Å². The molecule has 150 valence electrons. The van der Waals surface area contributed by atoms with Gasteiger partial charge in [-0.05, 0) is 55.3 Å². The number of likely N-dealkylation sites (N-methyl/N-ethyl adjacent to an activating group) is 1. The molecule has 1 aliphatic rings. The van der Waals surface area contributed by atoms with Crippen LogP contribution in [0.3, 0.4) is 0 Å². The fourth-order valence-electron chi connectivity index (χ4n) is 3.35. The molecule has 0 aliphatic carbocycles. The molecule has 6 nitrogen and oxygen atoms in total. The maximum atomic E-state index is 13.0. The molecule has 3 rings (SSSR count). The zero-order valence-electron chi connectivity index (χ0n) is 15.6. The molecule has 0 aromatic heterocycles. The van der Waals surface area contributed by atoms with Crippen LogP contribution in [0.1, 0.15) is 12.5 Å². The first-order valence-electron chi connectivity index (χ1n) is 8.55. The quantitative estimate of drug-likeness (QED) is 0.645. The molecule has 1 aliphatic heterocycles. The lowest BCUT2D eigenvalue weighted by Crippen LogP contribution is -2.43. The number of carbonyl (C=O) groups is 1. The Morgan fingerprint density at radius 2 is 2.04 bits per heavy atom. The predicted molar refractivity (Wildman–Crippen MR) is 113 cm³/mol. The molecule has 0 bridgehead atoms. The number of carbonyl (C=O) groups excluding carboxylic acids is 1. The van der Waals surface area contributed by atoms with Gasteiger partial charge in [0.05, 0.1) is 13.7 Å². The van der Waals surface area contributed by atoms with Crippen LogP contribution >= 0.6 is 27.5 Å². The molecular formula is C19H20BrClN2O4S. The summed E-state index contributed by atoms with van der Waals surface area (Å²) < 4.78 is 33.1. The van der Waals surface area contributed by atoms with Crippen molar-refractivity contribution in [1.82, 2.24) is 4.31 Å². The zero-order chi connectivity index (χ0) is 20.6. The number of fused-ring (bicyclic) bond motifs is 1. The second kappa shape index (κ2) is 8.02. The molecule has 0 saturated heterocycles. The average molecular weight is 488 g/mol. The summed E-state index contributed by atoms with van der Waals surface area (Å²) in [6.07, 6.45) is 0.721. The molecule has 2 aromatic carbocycles. The Labute approximate surface area is 178 Å². The first-order chi connectivity index (χ1) is 13.1. The third kappa shape index (κ3) is 3.91. The summed E-state index contributed by atoms with van der Waals surface area (Å²) in [5.41, 5.74) is 1.86. The molecule has 2 aromatic rings. The number of amides is 1. The van der Waals surface area contributed by atoms with Crippen molar-refractivity contribution in [3.8, 4) is 5.75 Å². The molecule has 1 amide bonds. The Hall–Kier alpha value is -1.61. The van der Waals surface area contributed by atoms with Gasteiger partial charge in [0.15, 0.2) is 0 Å². The van der Waals surface area contributed by atoms with Gasteiger partial charge >= 0.3 is 0 Å². The Kier molecular flexibility index (Phi) is 6.05. The number of halogens is 2. The highest BCUT2D eigenvalue weighted by Gasteiger charge is 2.34. The Bertz CT molecular complexity index is 1030. The van der Waals surface area contributed by atoms with Crippen LogP contribution in [0, 0.1) is 0 Å². The highest BCUT2D eigenvalue weighted by molar-refractivity contribution is 9.10. The number of sulfonamides is 1. The lowest BCUT2D eigenvalue weighted by Gasteiger charge is -2.26. The van der Waals surface area contributed by atoms with Crippen molar-refractivity contribution in [3.63, 3.8) is 0 Å². The van der Waals surface area contributed by atoms with E-state index in [4.69, 9.17) is 16.3 Å². The third-order valence-corrected chi connectivity index (χ3v) is 7.25. The summed E-state index contributed by atoms with van der Waals surface area (Å²) in [5.74, 6) is -0.117. The van der Waals surface area contributed by atoms with Crippen molar-refractivity contribution in [2.24, 2.45) is 0 Å². The van der Waals surface area contributed by atoms with Crippen LogP contribution < -0.4 is 9.64 Å². The number of benzene rings is 2. The molecule has 0 radical (unpaired) electrons. The Morgan fingerprint density at radius 3 is 2.71 bits per heavy atom. The first-order valence-corrected chi connectivity index (χ1v) is 11.2. The van der Waals surface area contributed by atoms with Gasteiger partial charge in [-0.15, -0.1) is 0 Å². The highest BCUT2D eigenvalue weighted by atomic mass is 79.9. The SMILES string of the molecule is COc1ccc(Cl)cc1S(=O)(=O)N(C)CC(=O)N1c2ccc(Br)cc2CC1C. The van der Waals surface area contributed by atoms with Crippen LogP contribution in [-0.4, -0.2) is 45.4 Å². The second-order valence-electron chi connectivity index (χ2n) is 6.65. The molecule has 1 atom stereocenters. The van der Waals surface area contributed by atoms with Crippen molar-refractivity contribution in [1.29, 1.82) is 0 Å². The van der Waals surface area contributed by atoms with E-state index in [0.29, 0.717) is 0 Å². The maximum absolute atomic E-state index is 13.0. The van der Waals surface area contributed by atoms with Crippen LogP contribution in [0.2, 0.25) is 5.02 Å². The van der Waals surface area contributed by atoms with E-state index in [2.05, 4.69) is 15.9 Å². The van der Waals surface area contributed by atoms with Gasteiger partial charge in [-0.1, -0.05) is 27.5 Å². The summed E-state index contributed by atoms with van der Waals surface area (Å²) in [4.78, 5) is 14.5. The molecule has 0 N–H and O–H groups in total. The largest absolute Gasteiger partial charge is 0.495 e. The standard InChI is InChI=1S/C19H20BrClN2O4S/c1-12-8-13-9-14(20)4-6-16(13)23(12)19(24)11-22(2)28(25,26)18-10-15(21)5-7-17(18)27-3/h4-7,9-10,12H,8,11H2,1-3H3. The van der Waals surface area contributed by atoms with E-state index in [1.54, 1.807) is 11.0 Å². The number of rotatable bonds is 5. The normalized spacial score (nSPS) is 16.4. The van der Waals surface area contributed by atoms with E-state index in [1.165, 1.54) is 26.3 Å². The number of hydrogen-bond donors (Lipinski definition) is 0. The van der Waals surface area contributed by atoms with Crippen molar-refractivity contribution < 1.29 is 17.9 Å². The van der Waals surface area contributed by atoms with E-state index < -0.39 is 10.0 Å². The molecule has 0 fully saturated rings. The minimum atomic E-state index is -3.96. The van der Waals surface area contributed by atoms with Gasteiger partial charge in [0.25, 0.3) is 0 Å². The molecule has 9 heteroatoms. The molecule has 1 heterocycles. The smallest absolute Gasteiger partial charge is 0.247 e. The number of nitrogens with zero attached hydrogens (tertiary/aromatic N) is 2. The van der Waals surface area contributed by atoms with Crippen LogP contribution in [0.15, 0.2) is 45.8 Å². The predicted octanol–water partition coefficient (Wildman–Crippen LogP) is 3.71. The molecule has 28 heavy (non-hydrogen) atoms. The van der Waals surface area contributed by atoms with Gasteiger partial charge in [0.1, 0.15) is 10.6 Å². The van der Waals surface area contributed by atoms with Crippen molar-refractivity contribution in [2.75, 3.05) is 25.6 Å². The lowest BCUT2D eigenvalue weighted by atomic mass is 10.1. The lowest BCUT2D eigenvalue weighted by molar-refractivity contribution is -0.118. The number of methoxy groups -OCH3 is 1. The fourth-order valence-corrected chi connectivity index (χ4v) is 5.29. The molecule has 1 unspecified atom stereocenters. The average Bonchev–Trinajstić information content (AvgIpc) is 2.96. The minimum absolute atomic E-state index is 0.0476. The first kappa shape index (κ1) is 21.1. The Morgan fingerprint density at radius 1 is 1.32 bits per heavy atom. The molecule has 0 saturated carbocycles. The van der Waals surface area contributed by atoms with Crippen molar-refractivity contribution in [2.45, 2.75) is 24.3 Å². The van der Waals surface area contributed by atoms with Crippen LogP contribution in [0.5, 0.6) is 5.75 Å². The van der Waals surface area contributed by atoms with E-state index in [-0.39, 0.29) is 34.2 Å². The van der Waals surface area contributed by atoms with Gasteiger partial charge in [0, 0.05) is 28.3 Å². The van der Waals surface area contributed by atoms with Gasteiger partial charge in [-0.25, -0.2) is 8.42 Å². The maximum Gasteiger partial charge on any atom is 0.247 e. The Balaban J connectivity index is 1.86. The van der Waals surface area contributed by atoms with Crippen molar-refractivity contribution >= 4 is 49.1 Å². The zero-order valence-corrected chi connectivity index (χ0v) is 18.8. The summed E-state index contributed by atoms with van der Waals surface area (Å²) in [6, 6.07) is 10.0.